The van der Waals surface area contributed by atoms with Gasteiger partial charge in [0, 0.05) is 5.41 Å². The molecule has 134 valence electrons. The maximum Gasteiger partial charge on any atom is 0.130 e. The minimum Gasteiger partial charge on any atom is -0.377 e. The summed E-state index contributed by atoms with van der Waals surface area (Å²) in [6.07, 6.45) is 17.2. The molecule has 4 rings (SSSR count). The van der Waals surface area contributed by atoms with Gasteiger partial charge in [-0.25, -0.2) is 0 Å². The van der Waals surface area contributed by atoms with Crippen LogP contribution in [0.15, 0.2) is 0 Å². The predicted molar refractivity (Wildman–Crippen MR) is 99.3 cm³/mol. The largest absolute Gasteiger partial charge is 0.377 e. The van der Waals surface area contributed by atoms with Gasteiger partial charge in [0.15, 0.2) is 0 Å². The number of fused-ring (bicyclic) bond motifs is 5. The fourth-order valence-electron chi connectivity index (χ4n) is 8.45. The van der Waals surface area contributed by atoms with Crippen molar-refractivity contribution in [2.24, 2.45) is 39.9 Å². The van der Waals surface area contributed by atoms with E-state index in [0.717, 1.165) is 37.0 Å². The number of hydrogen-bond acceptors (Lipinski definition) is 1. The van der Waals surface area contributed by atoms with Crippen molar-refractivity contribution in [2.75, 3.05) is 0 Å². The first-order valence-electron chi connectivity index (χ1n) is 10.4. The summed E-state index contributed by atoms with van der Waals surface area (Å²) in [5, 5.41) is 11.1. The Labute approximate surface area is 149 Å². The lowest BCUT2D eigenvalue weighted by Crippen LogP contribution is -2.58. The smallest absolute Gasteiger partial charge is 0.130 e. The van der Waals surface area contributed by atoms with Crippen LogP contribution in [0.4, 0.5) is 0 Å². The predicted octanol–water partition coefficient (Wildman–Crippen LogP) is 5.42. The Morgan fingerprint density at radius 3 is 2.29 bits per heavy atom. The molecule has 4 aliphatic rings. The number of rotatable bonds is 0. The molecule has 1 N–H and O–H groups in total. The molecule has 7 atom stereocenters. The molecule has 0 amide bonds. The van der Waals surface area contributed by atoms with Gasteiger partial charge >= 0.3 is 0 Å². The molecule has 0 heterocycles. The maximum absolute atomic E-state index is 11.1. The van der Waals surface area contributed by atoms with Crippen molar-refractivity contribution in [3.63, 3.8) is 0 Å². The van der Waals surface area contributed by atoms with Gasteiger partial charge in [-0.05, 0) is 85.9 Å². The van der Waals surface area contributed by atoms with Gasteiger partial charge in [0.05, 0.1) is 0 Å². The van der Waals surface area contributed by atoms with Gasteiger partial charge in [-0.2, -0.15) is 0 Å². The van der Waals surface area contributed by atoms with E-state index in [-0.39, 0.29) is 5.41 Å². The zero-order chi connectivity index (χ0) is 17.4. The SMILES string of the molecule is C#C[C@]1(O)CC[C@@H]2[C@@H]3CC[C@H]4C(C)(C)CCC[C@]4(C)[C@H]3CC[C@]21C. The minimum absolute atomic E-state index is 0.0453. The standard InChI is InChI=1S/C23H36O/c1-6-23(24)15-11-18-16-8-9-19-20(2,3)12-7-13-21(19,4)17(16)10-14-22(18,23)5/h1,16-19,24H,7-15H2,2-5H3/t16-,17+,18-,19+,21-,22-,23+/m1/s1. The molecule has 0 aliphatic heterocycles. The summed E-state index contributed by atoms with van der Waals surface area (Å²) in [7, 11) is 0. The van der Waals surface area contributed by atoms with Gasteiger partial charge in [-0.3, -0.25) is 0 Å². The lowest BCUT2D eigenvalue weighted by Gasteiger charge is -2.64. The van der Waals surface area contributed by atoms with Crippen LogP contribution in [0.25, 0.3) is 0 Å². The minimum atomic E-state index is -0.855. The molecule has 1 nitrogen and oxygen atoms in total. The monoisotopic (exact) mass is 328 g/mol. The van der Waals surface area contributed by atoms with Crippen molar-refractivity contribution >= 4 is 0 Å². The van der Waals surface area contributed by atoms with E-state index in [1.165, 1.54) is 38.5 Å². The average Bonchev–Trinajstić information content (AvgIpc) is 2.79. The Morgan fingerprint density at radius 2 is 1.58 bits per heavy atom. The van der Waals surface area contributed by atoms with Crippen molar-refractivity contribution < 1.29 is 5.11 Å². The maximum atomic E-state index is 11.1. The molecule has 4 saturated carbocycles. The Bertz CT molecular complexity index is 571. The Kier molecular flexibility index (Phi) is 3.56. The lowest BCUT2D eigenvalue weighted by atomic mass is 9.41. The molecule has 24 heavy (non-hydrogen) atoms. The van der Waals surface area contributed by atoms with Crippen molar-refractivity contribution in [1.82, 2.24) is 0 Å². The van der Waals surface area contributed by atoms with E-state index < -0.39 is 5.60 Å². The zero-order valence-corrected chi connectivity index (χ0v) is 16.2. The van der Waals surface area contributed by atoms with E-state index in [1.807, 2.05) is 0 Å². The summed E-state index contributed by atoms with van der Waals surface area (Å²) in [5.74, 6) is 5.98. The number of hydrogen-bond donors (Lipinski definition) is 1. The summed E-state index contributed by atoms with van der Waals surface area (Å²) < 4.78 is 0. The quantitative estimate of drug-likeness (QED) is 0.589. The van der Waals surface area contributed by atoms with Crippen molar-refractivity contribution in [3.8, 4) is 12.3 Å². The van der Waals surface area contributed by atoms with E-state index in [2.05, 4.69) is 33.6 Å². The molecule has 0 aromatic rings. The second kappa shape index (κ2) is 5.03. The Balaban J connectivity index is 1.68. The van der Waals surface area contributed by atoms with Crippen LogP contribution in [0.1, 0.15) is 85.5 Å². The first-order chi connectivity index (χ1) is 11.2. The first kappa shape index (κ1) is 17.0. The fraction of sp³-hybridized carbons (Fsp3) is 0.913. The van der Waals surface area contributed by atoms with Crippen LogP contribution < -0.4 is 0 Å². The number of terminal acetylenes is 1. The topological polar surface area (TPSA) is 20.2 Å². The first-order valence-corrected chi connectivity index (χ1v) is 10.4. The van der Waals surface area contributed by atoms with E-state index >= 15 is 0 Å². The second-order valence-corrected chi connectivity index (χ2v) is 10.9. The summed E-state index contributed by atoms with van der Waals surface area (Å²) in [5.41, 5.74) is 0.124. The Hall–Kier alpha value is -0.480. The lowest BCUT2D eigenvalue weighted by molar-refractivity contribution is -0.159. The summed E-state index contributed by atoms with van der Waals surface area (Å²) in [6, 6.07) is 0. The summed E-state index contributed by atoms with van der Waals surface area (Å²) in [4.78, 5) is 0. The van der Waals surface area contributed by atoms with E-state index in [9.17, 15) is 5.11 Å². The Morgan fingerprint density at radius 1 is 0.875 bits per heavy atom. The van der Waals surface area contributed by atoms with Crippen molar-refractivity contribution in [3.05, 3.63) is 0 Å². The molecule has 0 unspecified atom stereocenters. The second-order valence-electron chi connectivity index (χ2n) is 10.9. The molecule has 4 fully saturated rings. The van der Waals surface area contributed by atoms with Gasteiger partial charge in [-0.1, -0.05) is 40.0 Å². The molecule has 1 heteroatoms. The molecule has 0 saturated heterocycles. The summed E-state index contributed by atoms with van der Waals surface area (Å²) in [6.45, 7) is 9.98. The van der Waals surface area contributed by atoms with Crippen molar-refractivity contribution in [1.29, 1.82) is 0 Å². The molecular weight excluding hydrogens is 292 g/mol. The normalized spacial score (nSPS) is 55.8. The van der Waals surface area contributed by atoms with Crippen LogP contribution in [0.3, 0.4) is 0 Å². The number of aliphatic hydroxyl groups is 1. The van der Waals surface area contributed by atoms with E-state index in [1.54, 1.807) is 0 Å². The molecule has 0 aromatic heterocycles. The van der Waals surface area contributed by atoms with Gasteiger partial charge in [0.25, 0.3) is 0 Å². The van der Waals surface area contributed by atoms with Crippen LogP contribution in [0.5, 0.6) is 0 Å². The van der Waals surface area contributed by atoms with Gasteiger partial charge in [-0.15, -0.1) is 6.42 Å². The highest BCUT2D eigenvalue weighted by Gasteiger charge is 2.65. The third-order valence-corrected chi connectivity index (χ3v) is 9.74. The van der Waals surface area contributed by atoms with Crippen molar-refractivity contribution in [2.45, 2.75) is 91.1 Å². The van der Waals surface area contributed by atoms with Crippen LogP contribution in [0, 0.1) is 52.3 Å². The third kappa shape index (κ3) is 1.93. The average molecular weight is 329 g/mol. The zero-order valence-electron chi connectivity index (χ0n) is 16.2. The van der Waals surface area contributed by atoms with Gasteiger partial charge in [0.1, 0.15) is 5.60 Å². The molecule has 0 spiro atoms. The van der Waals surface area contributed by atoms with Crippen LogP contribution in [0.2, 0.25) is 0 Å². The molecule has 0 aromatic carbocycles. The molecule has 0 bridgehead atoms. The van der Waals surface area contributed by atoms with Gasteiger partial charge in [0.2, 0.25) is 0 Å². The van der Waals surface area contributed by atoms with Gasteiger partial charge < -0.3 is 5.11 Å². The molecule has 0 radical (unpaired) electrons. The summed E-state index contributed by atoms with van der Waals surface area (Å²) >= 11 is 0. The molecular formula is C23H36O. The van der Waals surface area contributed by atoms with Crippen LogP contribution >= 0.6 is 0 Å². The highest BCUT2D eigenvalue weighted by molar-refractivity contribution is 5.23. The fourth-order valence-corrected chi connectivity index (χ4v) is 8.45. The highest BCUT2D eigenvalue weighted by Crippen LogP contribution is 2.70. The van der Waals surface area contributed by atoms with Crippen LogP contribution in [-0.4, -0.2) is 10.7 Å². The van der Waals surface area contributed by atoms with E-state index in [4.69, 9.17) is 6.42 Å². The van der Waals surface area contributed by atoms with Crippen LogP contribution in [-0.2, 0) is 0 Å². The molecule has 4 aliphatic carbocycles. The highest BCUT2D eigenvalue weighted by atomic mass is 16.3. The third-order valence-electron chi connectivity index (χ3n) is 9.74. The van der Waals surface area contributed by atoms with E-state index in [0.29, 0.717) is 16.7 Å².